The Bertz CT molecular complexity index is 505. The van der Waals surface area contributed by atoms with Crippen LogP contribution in [0.1, 0.15) is 25.8 Å². The highest BCUT2D eigenvalue weighted by Crippen LogP contribution is 2.13. The van der Waals surface area contributed by atoms with Gasteiger partial charge in [-0.15, -0.1) is 0 Å². The second-order valence-electron chi connectivity index (χ2n) is 5.44. The second-order valence-corrected chi connectivity index (χ2v) is 6.36. The van der Waals surface area contributed by atoms with Crippen LogP contribution in [0.2, 0.25) is 0 Å². The molecule has 0 aliphatic rings. The van der Waals surface area contributed by atoms with Crippen molar-refractivity contribution in [2.45, 2.75) is 38.8 Å². The molecule has 116 valence electrons. The van der Waals surface area contributed by atoms with Gasteiger partial charge in [-0.25, -0.2) is 0 Å². The number of carbonyl (C=O) groups is 2. The molecule has 0 spiro atoms. The molecular weight excluding hydrogens is 336 g/mol. The molecule has 2 amide bonds. The fourth-order valence-electron chi connectivity index (χ4n) is 1.94. The molecule has 0 bridgehead atoms. The Balaban J connectivity index is 2.70. The third-order valence-electron chi connectivity index (χ3n) is 2.99. The first-order valence-corrected chi connectivity index (χ1v) is 7.61. The topological polar surface area (TPSA) is 92.4 Å². The molecule has 1 aromatic rings. The molecular formula is C15H21BrN2O3. The Morgan fingerprint density at radius 3 is 2.57 bits per heavy atom. The quantitative estimate of drug-likeness (QED) is 0.688. The first-order valence-electron chi connectivity index (χ1n) is 6.81. The molecule has 0 saturated heterocycles. The third-order valence-corrected chi connectivity index (χ3v) is 3.48. The summed E-state index contributed by atoms with van der Waals surface area (Å²) < 4.78 is 0.884. The minimum atomic E-state index is -1.13. The average Bonchev–Trinajstić information content (AvgIpc) is 2.36. The van der Waals surface area contributed by atoms with Crippen LogP contribution in [0.5, 0.6) is 0 Å². The zero-order valence-corrected chi connectivity index (χ0v) is 13.8. The normalized spacial score (nSPS) is 13.8. The van der Waals surface area contributed by atoms with E-state index in [1.807, 2.05) is 38.1 Å². The zero-order chi connectivity index (χ0) is 16.0. The Morgan fingerprint density at radius 1 is 1.38 bits per heavy atom. The van der Waals surface area contributed by atoms with Gasteiger partial charge in [-0.2, -0.15) is 0 Å². The molecule has 0 fully saturated rings. The van der Waals surface area contributed by atoms with Crippen LogP contribution < -0.4 is 11.1 Å². The van der Waals surface area contributed by atoms with Gasteiger partial charge in [0.05, 0.1) is 0 Å². The van der Waals surface area contributed by atoms with Crippen LogP contribution in [0.25, 0.3) is 0 Å². The first kappa shape index (κ1) is 17.7. The minimum Gasteiger partial charge on any atom is -0.383 e. The third kappa shape index (κ3) is 6.27. The number of benzene rings is 1. The molecule has 21 heavy (non-hydrogen) atoms. The van der Waals surface area contributed by atoms with Crippen LogP contribution in [0, 0.1) is 5.92 Å². The van der Waals surface area contributed by atoms with E-state index >= 15 is 0 Å². The highest BCUT2D eigenvalue weighted by Gasteiger charge is 2.23. The van der Waals surface area contributed by atoms with Gasteiger partial charge in [-0.05, 0) is 30.0 Å². The van der Waals surface area contributed by atoms with E-state index in [0.29, 0.717) is 6.42 Å². The maximum Gasteiger partial charge on any atom is 0.249 e. The number of aliphatic hydroxyl groups is 1. The lowest BCUT2D eigenvalue weighted by molar-refractivity contribution is -0.133. The van der Waals surface area contributed by atoms with E-state index < -0.39 is 24.0 Å². The molecule has 0 radical (unpaired) electrons. The van der Waals surface area contributed by atoms with Crippen molar-refractivity contribution in [3.8, 4) is 0 Å². The number of primary amides is 1. The van der Waals surface area contributed by atoms with Gasteiger partial charge < -0.3 is 16.2 Å². The molecule has 4 N–H and O–H groups in total. The van der Waals surface area contributed by atoms with Gasteiger partial charge in [-0.1, -0.05) is 41.9 Å². The SMILES string of the molecule is CC(C)C[C@H](O)C(=O)N[C@H](Cc1cccc(Br)c1)C(N)=O. The smallest absolute Gasteiger partial charge is 0.249 e. The van der Waals surface area contributed by atoms with Gasteiger partial charge in [0.15, 0.2) is 0 Å². The number of nitrogens with two attached hydrogens (primary N) is 1. The van der Waals surface area contributed by atoms with Crippen molar-refractivity contribution in [2.75, 3.05) is 0 Å². The van der Waals surface area contributed by atoms with Gasteiger partial charge in [0.25, 0.3) is 0 Å². The zero-order valence-electron chi connectivity index (χ0n) is 12.2. The second kappa shape index (κ2) is 8.14. The Morgan fingerprint density at radius 2 is 2.05 bits per heavy atom. The van der Waals surface area contributed by atoms with Crippen LogP contribution in [0.15, 0.2) is 28.7 Å². The number of hydrogen-bond donors (Lipinski definition) is 3. The van der Waals surface area contributed by atoms with E-state index in [1.54, 1.807) is 0 Å². The molecule has 6 heteroatoms. The van der Waals surface area contributed by atoms with Crippen molar-refractivity contribution in [1.82, 2.24) is 5.32 Å². The van der Waals surface area contributed by atoms with Crippen molar-refractivity contribution >= 4 is 27.7 Å². The summed E-state index contributed by atoms with van der Waals surface area (Å²) in [6, 6.07) is 6.57. The molecule has 0 saturated carbocycles. The van der Waals surface area contributed by atoms with Crippen LogP contribution in [-0.4, -0.2) is 29.1 Å². The van der Waals surface area contributed by atoms with Crippen LogP contribution in [0.4, 0.5) is 0 Å². The summed E-state index contributed by atoms with van der Waals surface area (Å²) in [7, 11) is 0. The number of amides is 2. The van der Waals surface area contributed by atoms with E-state index in [9.17, 15) is 14.7 Å². The molecule has 0 aliphatic carbocycles. The maximum absolute atomic E-state index is 11.9. The summed E-state index contributed by atoms with van der Waals surface area (Å²) in [5, 5.41) is 12.3. The van der Waals surface area contributed by atoms with Crippen molar-refractivity contribution in [3.63, 3.8) is 0 Å². The summed E-state index contributed by atoms with van der Waals surface area (Å²) in [5.41, 5.74) is 6.19. The van der Waals surface area contributed by atoms with Gasteiger partial charge in [0.1, 0.15) is 12.1 Å². The van der Waals surface area contributed by atoms with Gasteiger partial charge in [0, 0.05) is 10.9 Å². The summed E-state index contributed by atoms with van der Waals surface area (Å²) >= 11 is 3.35. The molecule has 5 nitrogen and oxygen atoms in total. The van der Waals surface area contributed by atoms with Crippen molar-refractivity contribution in [1.29, 1.82) is 0 Å². The number of nitrogens with one attached hydrogen (secondary N) is 1. The lowest BCUT2D eigenvalue weighted by atomic mass is 10.0. The predicted octanol–water partition coefficient (Wildman–Crippen LogP) is 1.37. The van der Waals surface area contributed by atoms with Crippen molar-refractivity contribution in [3.05, 3.63) is 34.3 Å². The standard InChI is InChI=1S/C15H21BrN2O3/c1-9(2)6-13(19)15(21)18-12(14(17)20)8-10-4-3-5-11(16)7-10/h3-5,7,9,12-13,19H,6,8H2,1-2H3,(H2,17,20)(H,18,21)/t12-,13+/m1/s1. The Hall–Kier alpha value is -1.40. The molecule has 0 aliphatic heterocycles. The summed E-state index contributed by atoms with van der Waals surface area (Å²) in [4.78, 5) is 23.4. The molecule has 1 rings (SSSR count). The van der Waals surface area contributed by atoms with Crippen molar-refractivity contribution in [2.24, 2.45) is 11.7 Å². The van der Waals surface area contributed by atoms with Crippen LogP contribution in [-0.2, 0) is 16.0 Å². The van der Waals surface area contributed by atoms with Gasteiger partial charge in [0.2, 0.25) is 11.8 Å². The van der Waals surface area contributed by atoms with Crippen LogP contribution >= 0.6 is 15.9 Å². The van der Waals surface area contributed by atoms with Gasteiger partial charge in [-0.3, -0.25) is 9.59 Å². The lowest BCUT2D eigenvalue weighted by Gasteiger charge is -2.19. The summed E-state index contributed by atoms with van der Waals surface area (Å²) in [5.74, 6) is -1.01. The Kier molecular flexibility index (Phi) is 6.84. The van der Waals surface area contributed by atoms with E-state index in [2.05, 4.69) is 21.2 Å². The monoisotopic (exact) mass is 356 g/mol. The molecule has 2 atom stereocenters. The number of halogens is 1. The fraction of sp³-hybridized carbons (Fsp3) is 0.467. The fourth-order valence-corrected chi connectivity index (χ4v) is 2.39. The number of rotatable bonds is 7. The summed E-state index contributed by atoms with van der Waals surface area (Å²) in [6.07, 6.45) is -0.502. The van der Waals surface area contributed by atoms with Crippen molar-refractivity contribution < 1.29 is 14.7 Å². The first-order chi connectivity index (χ1) is 9.79. The van der Waals surface area contributed by atoms with Gasteiger partial charge >= 0.3 is 0 Å². The summed E-state index contributed by atoms with van der Waals surface area (Å²) in [6.45, 7) is 3.81. The average molecular weight is 357 g/mol. The van der Waals surface area contributed by atoms with E-state index in [1.165, 1.54) is 0 Å². The predicted molar refractivity (Wildman–Crippen MR) is 84.4 cm³/mol. The molecule has 0 unspecified atom stereocenters. The lowest BCUT2D eigenvalue weighted by Crippen LogP contribution is -2.49. The molecule has 0 heterocycles. The minimum absolute atomic E-state index is 0.183. The maximum atomic E-state index is 11.9. The Labute approximate surface area is 133 Å². The molecule has 0 aromatic heterocycles. The number of carbonyl (C=O) groups excluding carboxylic acids is 2. The van der Waals surface area contributed by atoms with Crippen LogP contribution in [0.3, 0.4) is 0 Å². The van der Waals surface area contributed by atoms with E-state index in [-0.39, 0.29) is 12.3 Å². The largest absolute Gasteiger partial charge is 0.383 e. The van der Waals surface area contributed by atoms with E-state index in [4.69, 9.17) is 5.73 Å². The number of hydrogen-bond acceptors (Lipinski definition) is 3. The van der Waals surface area contributed by atoms with E-state index in [0.717, 1.165) is 10.0 Å². The molecule has 1 aromatic carbocycles. The highest BCUT2D eigenvalue weighted by molar-refractivity contribution is 9.10. The number of aliphatic hydroxyl groups excluding tert-OH is 1. The highest BCUT2D eigenvalue weighted by atomic mass is 79.9.